The topological polar surface area (TPSA) is 20.3 Å². The third-order valence-electron chi connectivity index (χ3n) is 3.02. The van der Waals surface area contributed by atoms with E-state index in [1.807, 2.05) is 6.07 Å². The second-order valence-electron chi connectivity index (χ2n) is 4.00. The third kappa shape index (κ3) is 1.41. The number of carbonyl (C=O) groups is 1. The van der Waals surface area contributed by atoms with Crippen LogP contribution in [0.4, 0.5) is 5.69 Å². The largest absolute Gasteiger partial charge is 0.371 e. The summed E-state index contributed by atoms with van der Waals surface area (Å²) in [4.78, 5) is 12.7. The standard InChI is InChI=1S/C12H15NO/c1-9-7-11-8-10(5-6-14)3-4-12(11)13(9)2/h3-4,6,8-9H,5,7H2,1-2H3. The summed E-state index contributed by atoms with van der Waals surface area (Å²) < 4.78 is 0. The zero-order valence-corrected chi connectivity index (χ0v) is 8.66. The Morgan fingerprint density at radius 3 is 3.07 bits per heavy atom. The molecular weight excluding hydrogens is 174 g/mol. The Hall–Kier alpha value is -1.31. The van der Waals surface area contributed by atoms with Crippen LogP contribution in [0.1, 0.15) is 18.1 Å². The van der Waals surface area contributed by atoms with Crippen molar-refractivity contribution in [2.45, 2.75) is 25.8 Å². The van der Waals surface area contributed by atoms with Gasteiger partial charge >= 0.3 is 0 Å². The van der Waals surface area contributed by atoms with Crippen LogP contribution in [-0.2, 0) is 17.6 Å². The van der Waals surface area contributed by atoms with Crippen LogP contribution >= 0.6 is 0 Å². The van der Waals surface area contributed by atoms with E-state index in [9.17, 15) is 4.79 Å². The number of hydrogen-bond acceptors (Lipinski definition) is 2. The lowest BCUT2D eigenvalue weighted by Gasteiger charge is -2.18. The van der Waals surface area contributed by atoms with E-state index in [4.69, 9.17) is 0 Å². The minimum atomic E-state index is 0.533. The summed E-state index contributed by atoms with van der Waals surface area (Å²) >= 11 is 0. The van der Waals surface area contributed by atoms with Gasteiger partial charge in [-0.05, 0) is 30.5 Å². The summed E-state index contributed by atoms with van der Waals surface area (Å²) in [5, 5.41) is 0. The van der Waals surface area contributed by atoms with Crippen LogP contribution in [0.15, 0.2) is 18.2 Å². The van der Waals surface area contributed by atoms with Crippen molar-refractivity contribution in [1.82, 2.24) is 0 Å². The maximum absolute atomic E-state index is 10.4. The van der Waals surface area contributed by atoms with E-state index in [1.165, 1.54) is 11.3 Å². The minimum absolute atomic E-state index is 0.533. The lowest BCUT2D eigenvalue weighted by molar-refractivity contribution is -0.107. The predicted octanol–water partition coefficient (Wildman–Crippen LogP) is 1.81. The molecule has 1 aromatic rings. The van der Waals surface area contributed by atoms with Crippen LogP contribution in [0.5, 0.6) is 0 Å². The van der Waals surface area contributed by atoms with E-state index in [0.717, 1.165) is 18.3 Å². The highest BCUT2D eigenvalue weighted by Gasteiger charge is 2.22. The van der Waals surface area contributed by atoms with Gasteiger partial charge in [0.1, 0.15) is 6.29 Å². The van der Waals surface area contributed by atoms with Crippen LogP contribution in [0.3, 0.4) is 0 Å². The van der Waals surface area contributed by atoms with Crippen LogP contribution in [0, 0.1) is 0 Å². The monoisotopic (exact) mass is 189 g/mol. The third-order valence-corrected chi connectivity index (χ3v) is 3.02. The maximum Gasteiger partial charge on any atom is 0.124 e. The molecule has 2 nitrogen and oxygen atoms in total. The van der Waals surface area contributed by atoms with Gasteiger partial charge in [0.2, 0.25) is 0 Å². The first-order chi connectivity index (χ1) is 6.72. The fourth-order valence-corrected chi connectivity index (χ4v) is 2.06. The van der Waals surface area contributed by atoms with Gasteiger partial charge in [0, 0.05) is 25.2 Å². The maximum atomic E-state index is 10.4. The molecule has 0 bridgehead atoms. The Morgan fingerprint density at radius 1 is 1.57 bits per heavy atom. The molecular formula is C12H15NO. The number of benzene rings is 1. The Balaban J connectivity index is 2.34. The van der Waals surface area contributed by atoms with Gasteiger partial charge in [0.25, 0.3) is 0 Å². The summed E-state index contributed by atoms with van der Waals surface area (Å²) in [7, 11) is 2.12. The Bertz CT molecular complexity index is 359. The second kappa shape index (κ2) is 3.45. The lowest BCUT2D eigenvalue weighted by Crippen LogP contribution is -2.23. The number of hydrogen-bond donors (Lipinski definition) is 0. The molecule has 0 saturated carbocycles. The van der Waals surface area contributed by atoms with Gasteiger partial charge in [-0.3, -0.25) is 0 Å². The van der Waals surface area contributed by atoms with Gasteiger partial charge in [0.15, 0.2) is 0 Å². The summed E-state index contributed by atoms with van der Waals surface area (Å²) in [6.07, 6.45) is 2.59. The van der Waals surface area contributed by atoms with Crippen molar-refractivity contribution in [2.24, 2.45) is 0 Å². The normalized spacial score (nSPS) is 19.6. The smallest absolute Gasteiger partial charge is 0.124 e. The van der Waals surface area contributed by atoms with Crippen molar-refractivity contribution in [1.29, 1.82) is 0 Å². The Labute approximate surface area is 84.5 Å². The molecule has 2 rings (SSSR count). The van der Waals surface area contributed by atoms with Crippen LogP contribution < -0.4 is 4.90 Å². The molecule has 0 aromatic heterocycles. The number of aldehydes is 1. The fourth-order valence-electron chi connectivity index (χ4n) is 2.06. The summed E-state index contributed by atoms with van der Waals surface area (Å²) in [5.41, 5.74) is 3.81. The molecule has 0 aliphatic carbocycles. The van der Waals surface area contributed by atoms with Gasteiger partial charge < -0.3 is 9.69 Å². The average Bonchev–Trinajstić information content (AvgIpc) is 2.43. The Morgan fingerprint density at radius 2 is 2.36 bits per heavy atom. The number of carbonyl (C=O) groups excluding carboxylic acids is 1. The molecule has 1 aromatic carbocycles. The predicted molar refractivity (Wildman–Crippen MR) is 57.8 cm³/mol. The van der Waals surface area contributed by atoms with Gasteiger partial charge in [-0.2, -0.15) is 0 Å². The van der Waals surface area contributed by atoms with Gasteiger partial charge in [0.05, 0.1) is 0 Å². The number of anilines is 1. The SMILES string of the molecule is CC1Cc2cc(CC=O)ccc2N1C. The first-order valence-corrected chi connectivity index (χ1v) is 5.00. The van der Waals surface area contributed by atoms with Gasteiger partial charge in [-0.1, -0.05) is 12.1 Å². The highest BCUT2D eigenvalue weighted by molar-refractivity contribution is 5.62. The van der Waals surface area contributed by atoms with Crippen molar-refractivity contribution in [3.05, 3.63) is 29.3 Å². The summed E-state index contributed by atoms with van der Waals surface area (Å²) in [6, 6.07) is 6.90. The Kier molecular flexibility index (Phi) is 2.28. The molecule has 0 radical (unpaired) electrons. The van der Waals surface area contributed by atoms with Crippen LogP contribution in [0.2, 0.25) is 0 Å². The van der Waals surface area contributed by atoms with Crippen molar-refractivity contribution < 1.29 is 4.79 Å². The van der Waals surface area contributed by atoms with Crippen molar-refractivity contribution in [3.63, 3.8) is 0 Å². The molecule has 0 N–H and O–H groups in total. The van der Waals surface area contributed by atoms with Crippen molar-refractivity contribution in [3.8, 4) is 0 Å². The van der Waals surface area contributed by atoms with Gasteiger partial charge in [-0.25, -0.2) is 0 Å². The van der Waals surface area contributed by atoms with Crippen molar-refractivity contribution >= 4 is 12.0 Å². The molecule has 1 atom stereocenters. The molecule has 14 heavy (non-hydrogen) atoms. The molecule has 2 heteroatoms. The zero-order valence-electron chi connectivity index (χ0n) is 8.66. The highest BCUT2D eigenvalue weighted by Crippen LogP contribution is 2.31. The fraction of sp³-hybridized carbons (Fsp3) is 0.417. The molecule has 0 amide bonds. The molecule has 1 aliphatic heterocycles. The van der Waals surface area contributed by atoms with Gasteiger partial charge in [-0.15, -0.1) is 0 Å². The lowest BCUT2D eigenvalue weighted by atomic mass is 10.1. The molecule has 74 valence electrons. The van der Waals surface area contributed by atoms with Crippen LogP contribution in [0.25, 0.3) is 0 Å². The molecule has 1 aliphatic rings. The van der Waals surface area contributed by atoms with E-state index in [-0.39, 0.29) is 0 Å². The van der Waals surface area contributed by atoms with E-state index < -0.39 is 0 Å². The number of rotatable bonds is 2. The molecule has 0 spiro atoms. The minimum Gasteiger partial charge on any atom is -0.371 e. The molecule has 1 heterocycles. The van der Waals surface area contributed by atoms with Crippen molar-refractivity contribution in [2.75, 3.05) is 11.9 Å². The molecule has 1 unspecified atom stereocenters. The van der Waals surface area contributed by atoms with E-state index >= 15 is 0 Å². The first kappa shape index (κ1) is 9.25. The molecule has 0 saturated heterocycles. The first-order valence-electron chi connectivity index (χ1n) is 5.00. The zero-order chi connectivity index (χ0) is 10.1. The van der Waals surface area contributed by atoms with E-state index in [1.54, 1.807) is 0 Å². The number of fused-ring (bicyclic) bond motifs is 1. The van der Waals surface area contributed by atoms with E-state index in [2.05, 4.69) is 31.0 Å². The molecule has 0 fully saturated rings. The van der Waals surface area contributed by atoms with Crippen LogP contribution in [-0.4, -0.2) is 19.4 Å². The number of nitrogens with zero attached hydrogens (tertiary/aromatic N) is 1. The average molecular weight is 189 g/mol. The summed E-state index contributed by atoms with van der Waals surface area (Å²) in [5.74, 6) is 0. The number of likely N-dealkylation sites (N-methyl/N-ethyl adjacent to an activating group) is 1. The highest BCUT2D eigenvalue weighted by atomic mass is 16.1. The second-order valence-corrected chi connectivity index (χ2v) is 4.00. The summed E-state index contributed by atoms with van der Waals surface area (Å²) in [6.45, 7) is 2.22. The van der Waals surface area contributed by atoms with E-state index in [0.29, 0.717) is 12.5 Å². The quantitative estimate of drug-likeness (QED) is 0.661.